The topological polar surface area (TPSA) is 91.1 Å². The van der Waals surface area contributed by atoms with Crippen molar-refractivity contribution in [2.75, 3.05) is 18.4 Å². The number of rotatable bonds is 3. The van der Waals surface area contributed by atoms with E-state index in [4.69, 9.17) is 10.00 Å². The van der Waals surface area contributed by atoms with Crippen LogP contribution in [0.15, 0.2) is 36.7 Å². The van der Waals surface area contributed by atoms with Gasteiger partial charge < -0.3 is 15.0 Å². The van der Waals surface area contributed by atoms with E-state index >= 15 is 0 Å². The Morgan fingerprint density at radius 1 is 1.38 bits per heavy atom. The van der Waals surface area contributed by atoms with Gasteiger partial charge in [0.2, 0.25) is 5.69 Å². The van der Waals surface area contributed by atoms with Gasteiger partial charge in [-0.15, -0.1) is 0 Å². The van der Waals surface area contributed by atoms with Crippen LogP contribution in [0.5, 0.6) is 5.88 Å². The summed E-state index contributed by atoms with van der Waals surface area (Å²) >= 11 is 0. The maximum Gasteiger partial charge on any atom is 0.321 e. The highest BCUT2D eigenvalue weighted by molar-refractivity contribution is 5.90. The molecule has 1 fully saturated rings. The maximum atomic E-state index is 12.4. The van der Waals surface area contributed by atoms with Crippen LogP contribution < -0.4 is 10.1 Å². The molecule has 1 aliphatic heterocycles. The number of carbonyl (C=O) groups is 1. The summed E-state index contributed by atoms with van der Waals surface area (Å²) in [6.07, 6.45) is 3.41. The second kappa shape index (κ2) is 6.96. The highest BCUT2D eigenvalue weighted by Gasteiger charge is 2.28. The fourth-order valence-corrected chi connectivity index (χ4v) is 2.56. The molecule has 0 radical (unpaired) electrons. The van der Waals surface area contributed by atoms with Gasteiger partial charge in [-0.2, -0.15) is 5.26 Å². The van der Waals surface area contributed by atoms with Gasteiger partial charge >= 0.3 is 6.03 Å². The Morgan fingerprint density at radius 3 is 2.96 bits per heavy atom. The van der Waals surface area contributed by atoms with Crippen molar-refractivity contribution in [3.63, 3.8) is 0 Å². The molecule has 1 atom stereocenters. The van der Waals surface area contributed by atoms with Crippen LogP contribution in [0.3, 0.4) is 0 Å². The van der Waals surface area contributed by atoms with E-state index in [0.717, 1.165) is 11.3 Å². The fourth-order valence-electron chi connectivity index (χ4n) is 2.56. The van der Waals surface area contributed by atoms with Gasteiger partial charge in [-0.1, -0.05) is 18.2 Å². The Morgan fingerprint density at radius 2 is 2.17 bits per heavy atom. The third-order valence-corrected chi connectivity index (χ3v) is 3.87. The molecular weight excluding hydrogens is 306 g/mol. The molecule has 24 heavy (non-hydrogen) atoms. The van der Waals surface area contributed by atoms with Crippen LogP contribution in [0.4, 0.5) is 10.5 Å². The largest absolute Gasteiger partial charge is 0.470 e. The number of nitriles is 1. The van der Waals surface area contributed by atoms with Crippen molar-refractivity contribution < 1.29 is 9.53 Å². The Kier molecular flexibility index (Phi) is 4.57. The van der Waals surface area contributed by atoms with E-state index < -0.39 is 0 Å². The zero-order valence-electron chi connectivity index (χ0n) is 13.3. The van der Waals surface area contributed by atoms with Crippen molar-refractivity contribution in [2.24, 2.45) is 0 Å². The lowest BCUT2D eigenvalue weighted by atomic mass is 10.2. The van der Waals surface area contributed by atoms with E-state index in [0.29, 0.717) is 19.5 Å². The van der Waals surface area contributed by atoms with Gasteiger partial charge in [-0.05, 0) is 18.6 Å². The number of likely N-dealkylation sites (tertiary alicyclic amines) is 1. The molecule has 0 spiro atoms. The molecule has 3 rings (SSSR count). The second-order valence-corrected chi connectivity index (χ2v) is 5.54. The number of hydrogen-bond acceptors (Lipinski definition) is 5. The smallest absolute Gasteiger partial charge is 0.321 e. The lowest BCUT2D eigenvalue weighted by Crippen LogP contribution is -2.34. The molecular formula is C17H17N5O2. The lowest BCUT2D eigenvalue weighted by Gasteiger charge is -2.18. The van der Waals surface area contributed by atoms with E-state index in [1.54, 1.807) is 4.90 Å². The Bertz CT molecular complexity index is 787. The van der Waals surface area contributed by atoms with Crippen molar-refractivity contribution in [2.45, 2.75) is 19.4 Å². The molecule has 122 valence electrons. The summed E-state index contributed by atoms with van der Waals surface area (Å²) in [5.74, 6) is 0.214. The van der Waals surface area contributed by atoms with E-state index in [-0.39, 0.29) is 23.7 Å². The van der Waals surface area contributed by atoms with Crippen LogP contribution in [0.1, 0.15) is 17.7 Å². The summed E-state index contributed by atoms with van der Waals surface area (Å²) in [4.78, 5) is 22.0. The first kappa shape index (κ1) is 15.7. The molecule has 1 unspecified atom stereocenters. The first-order valence-electron chi connectivity index (χ1n) is 7.66. The van der Waals surface area contributed by atoms with E-state index in [1.807, 2.05) is 37.3 Å². The second-order valence-electron chi connectivity index (χ2n) is 5.54. The van der Waals surface area contributed by atoms with E-state index in [1.165, 1.54) is 12.4 Å². The number of hydrogen-bond donors (Lipinski definition) is 1. The number of anilines is 1. The normalized spacial score (nSPS) is 16.5. The van der Waals surface area contributed by atoms with Crippen LogP contribution in [0.25, 0.3) is 0 Å². The number of aryl methyl sites for hydroxylation is 1. The molecule has 0 bridgehead atoms. The average molecular weight is 323 g/mol. The molecule has 2 amide bonds. The number of urea groups is 1. The van der Waals surface area contributed by atoms with Crippen molar-refractivity contribution >= 4 is 11.7 Å². The van der Waals surface area contributed by atoms with Crippen LogP contribution >= 0.6 is 0 Å². The minimum atomic E-state index is -0.198. The van der Waals surface area contributed by atoms with Gasteiger partial charge in [0, 0.05) is 31.0 Å². The summed E-state index contributed by atoms with van der Waals surface area (Å²) < 4.78 is 5.73. The predicted octanol–water partition coefficient (Wildman–Crippen LogP) is 2.34. The molecule has 7 nitrogen and oxygen atoms in total. The van der Waals surface area contributed by atoms with Crippen molar-refractivity contribution in [1.29, 1.82) is 5.26 Å². The van der Waals surface area contributed by atoms with E-state index in [2.05, 4.69) is 15.3 Å². The monoisotopic (exact) mass is 323 g/mol. The van der Waals surface area contributed by atoms with Gasteiger partial charge in [-0.25, -0.2) is 14.8 Å². The third-order valence-electron chi connectivity index (χ3n) is 3.87. The fraction of sp³-hybridized carbons (Fsp3) is 0.294. The number of nitrogens with zero attached hydrogens (tertiary/aromatic N) is 4. The van der Waals surface area contributed by atoms with E-state index in [9.17, 15) is 4.79 Å². The highest BCUT2D eigenvalue weighted by atomic mass is 16.5. The molecule has 0 saturated carbocycles. The Balaban J connectivity index is 1.60. The minimum absolute atomic E-state index is 0.153. The SMILES string of the molecule is Cc1ccccc1NC(=O)N1CCC(Oc2nccnc2C#N)C1. The van der Waals surface area contributed by atoms with Crippen LogP contribution in [0.2, 0.25) is 0 Å². The van der Waals surface area contributed by atoms with Crippen molar-refractivity contribution in [1.82, 2.24) is 14.9 Å². The number of amides is 2. The molecule has 1 N–H and O–H groups in total. The zero-order chi connectivity index (χ0) is 16.9. The average Bonchev–Trinajstić information content (AvgIpc) is 3.06. The molecule has 2 heterocycles. The summed E-state index contributed by atoms with van der Waals surface area (Å²) in [6, 6.07) is 9.43. The molecule has 1 aromatic carbocycles. The first-order valence-corrected chi connectivity index (χ1v) is 7.66. The number of nitrogens with one attached hydrogen (secondary N) is 1. The van der Waals surface area contributed by atoms with Gasteiger partial charge in [0.1, 0.15) is 12.2 Å². The maximum absolute atomic E-state index is 12.4. The zero-order valence-corrected chi connectivity index (χ0v) is 13.3. The minimum Gasteiger partial charge on any atom is -0.470 e. The summed E-state index contributed by atoms with van der Waals surface area (Å²) in [7, 11) is 0. The quantitative estimate of drug-likeness (QED) is 0.936. The van der Waals surface area contributed by atoms with Crippen LogP contribution in [-0.4, -0.2) is 40.1 Å². The Labute approximate surface area is 139 Å². The molecule has 1 aliphatic rings. The molecule has 7 heteroatoms. The van der Waals surface area contributed by atoms with Crippen molar-refractivity contribution in [3.05, 3.63) is 47.9 Å². The number of carbonyl (C=O) groups excluding carboxylic acids is 1. The van der Waals surface area contributed by atoms with Gasteiger partial charge in [-0.3, -0.25) is 0 Å². The number of ether oxygens (including phenoxy) is 1. The highest BCUT2D eigenvalue weighted by Crippen LogP contribution is 2.20. The Hall–Kier alpha value is -3.14. The van der Waals surface area contributed by atoms with Gasteiger partial charge in [0.25, 0.3) is 5.88 Å². The number of benzene rings is 1. The molecule has 0 aliphatic carbocycles. The lowest BCUT2D eigenvalue weighted by molar-refractivity contribution is 0.189. The van der Waals surface area contributed by atoms with Crippen LogP contribution in [-0.2, 0) is 0 Å². The summed E-state index contributed by atoms with van der Waals surface area (Å²) in [5.41, 5.74) is 1.96. The predicted molar refractivity (Wildman–Crippen MR) is 87.6 cm³/mol. The summed E-state index contributed by atoms with van der Waals surface area (Å²) in [5, 5.41) is 11.9. The van der Waals surface area contributed by atoms with Gasteiger partial charge in [0.05, 0.1) is 6.54 Å². The van der Waals surface area contributed by atoms with Crippen LogP contribution in [0, 0.1) is 18.3 Å². The molecule has 2 aromatic rings. The standard InChI is InChI=1S/C17H17N5O2/c1-12-4-2-3-5-14(12)21-17(23)22-9-6-13(11-22)24-16-15(10-18)19-7-8-20-16/h2-5,7-8,13H,6,9,11H2,1H3,(H,21,23). The molecule has 1 saturated heterocycles. The third kappa shape index (κ3) is 3.43. The first-order chi connectivity index (χ1) is 11.7. The van der Waals surface area contributed by atoms with Gasteiger partial charge in [0.15, 0.2) is 0 Å². The number of para-hydroxylation sites is 1. The van der Waals surface area contributed by atoms with Crippen molar-refractivity contribution in [3.8, 4) is 11.9 Å². The number of aromatic nitrogens is 2. The molecule has 1 aromatic heterocycles. The summed E-state index contributed by atoms with van der Waals surface area (Å²) in [6.45, 7) is 2.98.